The van der Waals surface area contributed by atoms with Crippen molar-refractivity contribution in [3.05, 3.63) is 27.2 Å². The molecule has 0 bridgehead atoms. The van der Waals surface area contributed by atoms with Gasteiger partial charge in [0.15, 0.2) is 8.32 Å². The fourth-order valence-electron chi connectivity index (χ4n) is 4.47. The molecule has 0 amide bonds. The van der Waals surface area contributed by atoms with Crippen LogP contribution in [0.2, 0.25) is 31.7 Å². The first-order valence-corrected chi connectivity index (χ1v) is 15.7. The van der Waals surface area contributed by atoms with Gasteiger partial charge in [0.25, 0.3) is 10.1 Å². The first-order valence-electron chi connectivity index (χ1n) is 11.0. The number of benzene rings is 1. The van der Waals surface area contributed by atoms with Gasteiger partial charge >= 0.3 is 0 Å². The minimum atomic E-state index is -4.04. The van der Waals surface area contributed by atoms with E-state index in [1.165, 1.54) is 12.1 Å². The smallest absolute Gasteiger partial charge is 0.298 e. The summed E-state index contributed by atoms with van der Waals surface area (Å²) < 4.78 is 37.4. The lowest BCUT2D eigenvalue weighted by atomic mass is 10.1. The summed E-state index contributed by atoms with van der Waals surface area (Å²) >= 11 is 17.9. The molecule has 0 aliphatic rings. The quantitative estimate of drug-likeness (QED) is 0.111. The summed E-state index contributed by atoms with van der Waals surface area (Å²) in [7, 11) is -5.92. The molecule has 0 saturated carbocycles. The molecule has 0 fully saturated rings. The second-order valence-corrected chi connectivity index (χ2v) is 17.2. The molecule has 0 N–H and O–H groups in total. The highest BCUT2D eigenvalue weighted by Crippen LogP contribution is 2.42. The molecule has 9 heteroatoms. The highest BCUT2D eigenvalue weighted by Gasteiger charge is 2.44. The maximum atomic E-state index is 12.7. The molecule has 0 saturated heterocycles. The summed E-state index contributed by atoms with van der Waals surface area (Å²) in [6.07, 6.45) is 2.45. The number of hydrogen-bond acceptors (Lipinski definition) is 4. The Morgan fingerprint density at radius 1 is 0.871 bits per heavy atom. The average Bonchev–Trinajstić information content (AvgIpc) is 2.65. The lowest BCUT2D eigenvalue weighted by Crippen LogP contribution is -2.47. The van der Waals surface area contributed by atoms with Gasteiger partial charge in [0.1, 0.15) is 4.90 Å². The molecule has 0 aliphatic heterocycles. The lowest BCUT2D eigenvalue weighted by molar-refractivity contribution is 0.184. The van der Waals surface area contributed by atoms with Crippen LogP contribution < -0.4 is 0 Å². The minimum absolute atomic E-state index is 0.00462. The highest BCUT2D eigenvalue weighted by atomic mass is 35.5. The van der Waals surface area contributed by atoms with E-state index in [0.717, 1.165) is 12.8 Å². The van der Waals surface area contributed by atoms with E-state index >= 15 is 0 Å². The molecule has 1 rings (SSSR count). The van der Waals surface area contributed by atoms with E-state index in [1.807, 2.05) is 6.92 Å². The molecule has 1 unspecified atom stereocenters. The number of unbranched alkanes of at least 4 members (excludes halogenated alkanes) is 1. The van der Waals surface area contributed by atoms with Crippen molar-refractivity contribution < 1.29 is 17.0 Å². The van der Waals surface area contributed by atoms with Crippen LogP contribution in [0.25, 0.3) is 0 Å². The Kier molecular flexibility index (Phi) is 11.9. The molecule has 0 heterocycles. The standard InChI is InChI=1S/C22H37Cl3O4SSi/c1-8-18(29-30(26,27)22-14-20(24)19(23)13-21(22)25)11-9-10-12-28-31(15(2)3,16(4)5)17(6)7/h13-18H,8-12H2,1-7H3. The maximum Gasteiger partial charge on any atom is 0.298 e. The maximum absolute atomic E-state index is 12.7. The van der Waals surface area contributed by atoms with E-state index in [1.54, 1.807) is 0 Å². The fourth-order valence-corrected chi connectivity index (χ4v) is 12.1. The van der Waals surface area contributed by atoms with Crippen molar-refractivity contribution in [2.24, 2.45) is 0 Å². The highest BCUT2D eigenvalue weighted by molar-refractivity contribution is 7.87. The van der Waals surface area contributed by atoms with Crippen molar-refractivity contribution in [3.8, 4) is 0 Å². The summed E-state index contributed by atoms with van der Waals surface area (Å²) in [6, 6.07) is 2.55. The summed E-state index contributed by atoms with van der Waals surface area (Å²) in [4.78, 5) is -0.160. The van der Waals surface area contributed by atoms with Crippen LogP contribution in [0.15, 0.2) is 17.0 Å². The van der Waals surface area contributed by atoms with Crippen LogP contribution in [0.1, 0.15) is 74.1 Å². The zero-order valence-electron chi connectivity index (χ0n) is 19.7. The van der Waals surface area contributed by atoms with Crippen LogP contribution in [0.4, 0.5) is 0 Å². The molecule has 0 aliphatic carbocycles. The van der Waals surface area contributed by atoms with E-state index in [9.17, 15) is 8.42 Å². The second-order valence-electron chi connectivity index (χ2n) is 8.94. The van der Waals surface area contributed by atoms with E-state index in [2.05, 4.69) is 41.5 Å². The Morgan fingerprint density at radius 2 is 1.39 bits per heavy atom. The Morgan fingerprint density at radius 3 is 1.87 bits per heavy atom. The topological polar surface area (TPSA) is 52.6 Å². The van der Waals surface area contributed by atoms with Crippen LogP contribution in [-0.4, -0.2) is 29.4 Å². The molecule has 180 valence electrons. The first-order chi connectivity index (χ1) is 14.3. The Labute approximate surface area is 205 Å². The summed E-state index contributed by atoms with van der Waals surface area (Å²) in [5.41, 5.74) is 1.63. The predicted molar refractivity (Wildman–Crippen MR) is 135 cm³/mol. The van der Waals surface area contributed by atoms with Crippen LogP contribution in [0.5, 0.6) is 0 Å². The van der Waals surface area contributed by atoms with Gasteiger partial charge in [0, 0.05) is 6.61 Å². The second kappa shape index (κ2) is 12.6. The van der Waals surface area contributed by atoms with Gasteiger partial charge in [-0.1, -0.05) is 83.3 Å². The predicted octanol–water partition coefficient (Wildman–Crippen LogP) is 8.49. The number of halogens is 3. The number of hydrogen-bond donors (Lipinski definition) is 0. The molecule has 1 aromatic rings. The lowest BCUT2D eigenvalue weighted by Gasteiger charge is -2.42. The van der Waals surface area contributed by atoms with Gasteiger partial charge in [-0.2, -0.15) is 8.42 Å². The molecule has 1 aromatic carbocycles. The fraction of sp³-hybridized carbons (Fsp3) is 0.727. The van der Waals surface area contributed by atoms with Gasteiger partial charge in [0.2, 0.25) is 0 Å². The van der Waals surface area contributed by atoms with E-state index in [-0.39, 0.29) is 20.0 Å². The summed E-state index contributed by atoms with van der Waals surface area (Å²) in [5.74, 6) is 0. The van der Waals surface area contributed by atoms with Crippen molar-refractivity contribution in [1.82, 2.24) is 0 Å². The van der Waals surface area contributed by atoms with E-state index < -0.39 is 24.5 Å². The largest absolute Gasteiger partial charge is 0.416 e. The molecule has 31 heavy (non-hydrogen) atoms. The third-order valence-electron chi connectivity index (χ3n) is 5.94. The van der Waals surface area contributed by atoms with Gasteiger partial charge in [-0.25, -0.2) is 0 Å². The zero-order chi connectivity index (χ0) is 24.0. The molecule has 0 radical (unpaired) electrons. The van der Waals surface area contributed by atoms with Crippen molar-refractivity contribution in [2.45, 2.75) is 102 Å². The third-order valence-corrected chi connectivity index (χ3v) is 14.6. The van der Waals surface area contributed by atoms with E-state index in [0.29, 0.717) is 36.1 Å². The third kappa shape index (κ3) is 7.59. The monoisotopic (exact) mass is 530 g/mol. The van der Waals surface area contributed by atoms with Crippen molar-refractivity contribution in [3.63, 3.8) is 0 Å². The normalized spacial score (nSPS) is 14.1. The molecular formula is C22H37Cl3O4SSi. The SMILES string of the molecule is CCC(CCCCO[Si](C(C)C)(C(C)C)C(C)C)OS(=O)(=O)c1cc(Cl)c(Cl)cc1Cl. The Hall–Kier alpha value is 0.177. The zero-order valence-corrected chi connectivity index (χ0v) is 23.8. The average molecular weight is 532 g/mol. The van der Waals surface area contributed by atoms with Gasteiger partial charge in [-0.15, -0.1) is 0 Å². The van der Waals surface area contributed by atoms with Gasteiger partial charge in [0.05, 0.1) is 21.2 Å². The molecule has 0 spiro atoms. The van der Waals surface area contributed by atoms with Crippen LogP contribution in [-0.2, 0) is 18.7 Å². The number of rotatable bonds is 13. The minimum Gasteiger partial charge on any atom is -0.416 e. The molecule has 4 nitrogen and oxygen atoms in total. The molecule has 0 aromatic heterocycles. The van der Waals surface area contributed by atoms with Gasteiger partial charge in [-0.3, -0.25) is 4.18 Å². The van der Waals surface area contributed by atoms with E-state index in [4.69, 9.17) is 43.4 Å². The first kappa shape index (κ1) is 29.2. The summed E-state index contributed by atoms with van der Waals surface area (Å²) in [6.45, 7) is 16.2. The van der Waals surface area contributed by atoms with Crippen LogP contribution in [0, 0.1) is 0 Å². The van der Waals surface area contributed by atoms with Gasteiger partial charge in [-0.05, 0) is 54.4 Å². The molecular weight excluding hydrogens is 495 g/mol. The van der Waals surface area contributed by atoms with Crippen LogP contribution >= 0.6 is 34.8 Å². The van der Waals surface area contributed by atoms with Gasteiger partial charge < -0.3 is 4.43 Å². The van der Waals surface area contributed by atoms with Crippen molar-refractivity contribution >= 4 is 53.2 Å². The van der Waals surface area contributed by atoms with Crippen molar-refractivity contribution in [1.29, 1.82) is 0 Å². The Bertz CT molecular complexity index is 791. The van der Waals surface area contributed by atoms with Crippen molar-refractivity contribution in [2.75, 3.05) is 6.61 Å². The molecule has 1 atom stereocenters. The van der Waals surface area contributed by atoms with Crippen LogP contribution in [0.3, 0.4) is 0 Å². The summed E-state index contributed by atoms with van der Waals surface area (Å²) in [5, 5.41) is 0.308. The Balaban J connectivity index is 2.70.